The molecule has 0 atom stereocenters. The van der Waals surface area contributed by atoms with Crippen LogP contribution in [-0.2, 0) is 11.2 Å². The van der Waals surface area contributed by atoms with E-state index in [0.717, 1.165) is 33.2 Å². The molecule has 1 amide bonds. The van der Waals surface area contributed by atoms with E-state index in [1.807, 2.05) is 78.4 Å². The first kappa shape index (κ1) is 19.1. The molecule has 4 nitrogen and oxygen atoms in total. The zero-order chi connectivity index (χ0) is 18.1. The number of aryl methyl sites for hydroxylation is 1. The summed E-state index contributed by atoms with van der Waals surface area (Å²) in [5.74, 6) is -0.0200. The van der Waals surface area contributed by atoms with Crippen molar-refractivity contribution in [2.24, 2.45) is 0 Å². The van der Waals surface area contributed by atoms with Gasteiger partial charge in [0.15, 0.2) is 4.96 Å². The summed E-state index contributed by atoms with van der Waals surface area (Å²) in [5, 5.41) is 5.02. The Balaban J connectivity index is 0.00000210. The molecule has 4 aromatic rings. The van der Waals surface area contributed by atoms with E-state index >= 15 is 0 Å². The molecule has 0 radical (unpaired) electrons. The Morgan fingerprint density at radius 2 is 1.89 bits per heavy atom. The van der Waals surface area contributed by atoms with Crippen LogP contribution in [0.15, 0.2) is 60.1 Å². The second kappa shape index (κ2) is 7.94. The zero-order valence-corrected chi connectivity index (χ0v) is 16.7. The topological polar surface area (TPSA) is 46.4 Å². The lowest BCUT2D eigenvalue weighted by Crippen LogP contribution is -2.16. The van der Waals surface area contributed by atoms with Crippen LogP contribution in [0.5, 0.6) is 0 Å². The highest BCUT2D eigenvalue weighted by Gasteiger charge is 2.13. The van der Waals surface area contributed by atoms with Gasteiger partial charge in [-0.3, -0.25) is 9.20 Å². The second-order valence-electron chi connectivity index (χ2n) is 6.34. The third-order valence-electron chi connectivity index (χ3n) is 4.57. The molecule has 0 unspecified atom stereocenters. The molecule has 0 aliphatic carbocycles. The minimum atomic E-state index is -0.0200. The van der Waals surface area contributed by atoms with Crippen LogP contribution in [0.3, 0.4) is 0 Å². The SMILES string of the molecule is Cc1cccc(NC(=O)Cc2csc3nc(-c4ccccc4)cn23)c1C.Cl. The first-order chi connectivity index (χ1) is 12.6. The monoisotopic (exact) mass is 397 g/mol. The normalized spacial score (nSPS) is 10.6. The van der Waals surface area contributed by atoms with E-state index in [-0.39, 0.29) is 18.3 Å². The molecular formula is C21H20ClN3OS. The van der Waals surface area contributed by atoms with Gasteiger partial charge in [-0.15, -0.1) is 23.7 Å². The van der Waals surface area contributed by atoms with E-state index in [2.05, 4.69) is 10.3 Å². The zero-order valence-electron chi connectivity index (χ0n) is 15.1. The first-order valence-electron chi connectivity index (χ1n) is 8.49. The van der Waals surface area contributed by atoms with Gasteiger partial charge in [-0.1, -0.05) is 42.5 Å². The van der Waals surface area contributed by atoms with Crippen molar-refractivity contribution >= 4 is 40.3 Å². The fourth-order valence-corrected chi connectivity index (χ4v) is 3.82. The van der Waals surface area contributed by atoms with Crippen molar-refractivity contribution in [3.63, 3.8) is 0 Å². The number of thiazole rings is 1. The average molecular weight is 398 g/mol. The van der Waals surface area contributed by atoms with Crippen molar-refractivity contribution in [2.75, 3.05) is 5.32 Å². The number of nitrogens with one attached hydrogen (secondary N) is 1. The number of anilines is 1. The van der Waals surface area contributed by atoms with E-state index < -0.39 is 0 Å². The van der Waals surface area contributed by atoms with Crippen molar-refractivity contribution in [3.05, 3.63) is 76.9 Å². The lowest BCUT2D eigenvalue weighted by Gasteiger charge is -2.10. The molecule has 27 heavy (non-hydrogen) atoms. The number of imidazole rings is 1. The first-order valence-corrected chi connectivity index (χ1v) is 9.37. The molecular weight excluding hydrogens is 378 g/mol. The van der Waals surface area contributed by atoms with Crippen LogP contribution in [0.4, 0.5) is 5.69 Å². The number of rotatable bonds is 4. The molecule has 138 valence electrons. The fraction of sp³-hybridized carbons (Fsp3) is 0.143. The van der Waals surface area contributed by atoms with Gasteiger partial charge in [-0.05, 0) is 31.0 Å². The summed E-state index contributed by atoms with van der Waals surface area (Å²) in [6.45, 7) is 4.07. The lowest BCUT2D eigenvalue weighted by molar-refractivity contribution is -0.115. The molecule has 6 heteroatoms. The van der Waals surface area contributed by atoms with Gasteiger partial charge in [0, 0.05) is 28.5 Å². The quantitative estimate of drug-likeness (QED) is 0.509. The largest absolute Gasteiger partial charge is 0.326 e. The summed E-state index contributed by atoms with van der Waals surface area (Å²) in [5.41, 5.74) is 6.09. The van der Waals surface area contributed by atoms with Crippen LogP contribution < -0.4 is 5.32 Å². The molecule has 2 heterocycles. The summed E-state index contributed by atoms with van der Waals surface area (Å²) >= 11 is 1.56. The number of halogens is 1. The van der Waals surface area contributed by atoms with Crippen molar-refractivity contribution < 1.29 is 4.79 Å². The fourth-order valence-electron chi connectivity index (χ4n) is 2.95. The molecule has 0 aliphatic rings. The average Bonchev–Trinajstić information content (AvgIpc) is 3.22. The van der Waals surface area contributed by atoms with E-state index in [9.17, 15) is 4.79 Å². The number of hydrogen-bond donors (Lipinski definition) is 1. The number of benzene rings is 2. The predicted molar refractivity (Wildman–Crippen MR) is 114 cm³/mol. The number of hydrogen-bond acceptors (Lipinski definition) is 3. The Morgan fingerprint density at radius 1 is 1.11 bits per heavy atom. The van der Waals surface area contributed by atoms with Crippen LogP contribution in [0.25, 0.3) is 16.2 Å². The van der Waals surface area contributed by atoms with Crippen LogP contribution in [0, 0.1) is 13.8 Å². The minimum Gasteiger partial charge on any atom is -0.326 e. The predicted octanol–water partition coefficient (Wildman–Crippen LogP) is 5.28. The van der Waals surface area contributed by atoms with E-state index in [0.29, 0.717) is 6.42 Å². The molecule has 0 bridgehead atoms. The van der Waals surface area contributed by atoms with Gasteiger partial charge in [0.25, 0.3) is 0 Å². The maximum Gasteiger partial charge on any atom is 0.230 e. The van der Waals surface area contributed by atoms with Gasteiger partial charge in [0.1, 0.15) is 0 Å². The van der Waals surface area contributed by atoms with E-state index in [1.165, 1.54) is 5.56 Å². The lowest BCUT2D eigenvalue weighted by atomic mass is 10.1. The second-order valence-corrected chi connectivity index (χ2v) is 7.18. The Hall–Kier alpha value is -2.63. The number of carbonyl (C=O) groups excluding carboxylic acids is 1. The van der Waals surface area contributed by atoms with Crippen molar-refractivity contribution in [1.82, 2.24) is 9.38 Å². The molecule has 0 saturated heterocycles. The summed E-state index contributed by atoms with van der Waals surface area (Å²) in [7, 11) is 0. The molecule has 0 fully saturated rings. The maximum absolute atomic E-state index is 12.5. The highest BCUT2D eigenvalue weighted by Crippen LogP contribution is 2.24. The maximum atomic E-state index is 12.5. The van der Waals surface area contributed by atoms with Crippen molar-refractivity contribution in [3.8, 4) is 11.3 Å². The molecule has 2 aromatic heterocycles. The standard InChI is InChI=1S/C21H19N3OS.ClH/c1-14-7-6-10-18(15(14)2)22-20(25)11-17-13-26-21-23-19(12-24(17)21)16-8-4-3-5-9-16;/h3-10,12-13H,11H2,1-2H3,(H,22,25);1H. The number of aromatic nitrogens is 2. The Bertz CT molecular complexity index is 1090. The number of amides is 1. The van der Waals surface area contributed by atoms with Crippen molar-refractivity contribution in [2.45, 2.75) is 20.3 Å². The van der Waals surface area contributed by atoms with Gasteiger partial charge in [0.05, 0.1) is 12.1 Å². The van der Waals surface area contributed by atoms with E-state index in [4.69, 9.17) is 0 Å². The van der Waals surface area contributed by atoms with Crippen LogP contribution in [-0.4, -0.2) is 15.3 Å². The number of fused-ring (bicyclic) bond motifs is 1. The van der Waals surface area contributed by atoms with Gasteiger partial charge >= 0.3 is 0 Å². The molecule has 1 N–H and O–H groups in total. The van der Waals surface area contributed by atoms with Crippen molar-refractivity contribution in [1.29, 1.82) is 0 Å². The third-order valence-corrected chi connectivity index (χ3v) is 5.46. The van der Waals surface area contributed by atoms with E-state index in [1.54, 1.807) is 11.3 Å². The summed E-state index contributed by atoms with van der Waals surface area (Å²) < 4.78 is 2.01. The Morgan fingerprint density at radius 3 is 2.67 bits per heavy atom. The third kappa shape index (κ3) is 3.89. The highest BCUT2D eigenvalue weighted by atomic mass is 35.5. The van der Waals surface area contributed by atoms with Crippen LogP contribution >= 0.6 is 23.7 Å². The van der Waals surface area contributed by atoms with Gasteiger partial charge < -0.3 is 5.32 Å². The molecule has 0 aliphatic heterocycles. The summed E-state index contributed by atoms with van der Waals surface area (Å²) in [4.78, 5) is 18.1. The van der Waals surface area contributed by atoms with Gasteiger partial charge in [-0.25, -0.2) is 4.98 Å². The molecule has 0 spiro atoms. The summed E-state index contributed by atoms with van der Waals surface area (Å²) in [6.07, 6.45) is 2.32. The van der Waals surface area contributed by atoms with Crippen LogP contribution in [0.2, 0.25) is 0 Å². The van der Waals surface area contributed by atoms with Crippen LogP contribution in [0.1, 0.15) is 16.8 Å². The molecule has 0 saturated carbocycles. The smallest absolute Gasteiger partial charge is 0.230 e. The number of nitrogens with zero attached hydrogens (tertiary/aromatic N) is 2. The molecule has 2 aromatic carbocycles. The minimum absolute atomic E-state index is 0. The Kier molecular flexibility index (Phi) is 5.63. The molecule has 4 rings (SSSR count). The Labute approximate surface area is 168 Å². The van der Waals surface area contributed by atoms with Gasteiger partial charge in [-0.2, -0.15) is 0 Å². The highest BCUT2D eigenvalue weighted by molar-refractivity contribution is 7.15. The van der Waals surface area contributed by atoms with Gasteiger partial charge in [0.2, 0.25) is 5.91 Å². The summed E-state index contributed by atoms with van der Waals surface area (Å²) in [6, 6.07) is 16.0. The number of carbonyl (C=O) groups is 1.